The highest BCUT2D eigenvalue weighted by molar-refractivity contribution is 5.75. The third kappa shape index (κ3) is 5.81. The zero-order valence-corrected chi connectivity index (χ0v) is 15.5. The Kier molecular flexibility index (Phi) is 7.34. The second kappa shape index (κ2) is 9.71. The Labute approximate surface area is 158 Å². The normalized spacial score (nSPS) is 11.7. The van der Waals surface area contributed by atoms with E-state index in [4.69, 9.17) is 4.74 Å². The number of carbonyl (C=O) groups excluding carboxylic acids is 2. The zero-order chi connectivity index (χ0) is 19.8. The summed E-state index contributed by atoms with van der Waals surface area (Å²) in [5.74, 6) is -2.42. The average Bonchev–Trinajstić information content (AvgIpc) is 2.64. The number of amides is 1. The van der Waals surface area contributed by atoms with Gasteiger partial charge in [-0.15, -0.1) is 0 Å². The van der Waals surface area contributed by atoms with Crippen molar-refractivity contribution in [3.05, 3.63) is 53.8 Å². The summed E-state index contributed by atoms with van der Waals surface area (Å²) in [4.78, 5) is 22.7. The molecule has 1 atom stereocenters. The summed E-state index contributed by atoms with van der Waals surface area (Å²) in [7, 11) is 0. The van der Waals surface area contributed by atoms with Crippen LogP contribution in [0.25, 0.3) is 11.1 Å². The van der Waals surface area contributed by atoms with E-state index in [-0.39, 0.29) is 5.56 Å². The summed E-state index contributed by atoms with van der Waals surface area (Å²) in [6.07, 6.45) is 2.42. The van der Waals surface area contributed by atoms with E-state index in [9.17, 15) is 19.1 Å². The van der Waals surface area contributed by atoms with Crippen LogP contribution in [0.2, 0.25) is 0 Å². The molecule has 0 saturated heterocycles. The van der Waals surface area contributed by atoms with Crippen molar-refractivity contribution in [2.75, 3.05) is 6.54 Å². The van der Waals surface area contributed by atoms with Gasteiger partial charge < -0.3 is 20.0 Å². The van der Waals surface area contributed by atoms with Crippen molar-refractivity contribution in [2.45, 2.75) is 39.0 Å². The molecule has 6 heteroatoms. The van der Waals surface area contributed by atoms with Gasteiger partial charge in [0.2, 0.25) is 0 Å². The lowest BCUT2D eigenvalue weighted by Crippen LogP contribution is -2.28. The van der Waals surface area contributed by atoms with Gasteiger partial charge in [0.15, 0.2) is 0 Å². The molecular formula is C21H23FNO4-. The molecular weight excluding hydrogens is 349 g/mol. The molecule has 0 bridgehead atoms. The Hall–Kier alpha value is -2.89. The van der Waals surface area contributed by atoms with Gasteiger partial charge in [-0.3, -0.25) is 0 Å². The second-order valence-corrected chi connectivity index (χ2v) is 6.33. The molecule has 0 fully saturated rings. The Morgan fingerprint density at radius 1 is 1.19 bits per heavy atom. The summed E-state index contributed by atoms with van der Waals surface area (Å²) >= 11 is 0. The van der Waals surface area contributed by atoms with E-state index >= 15 is 0 Å². The molecule has 2 aromatic carbocycles. The van der Waals surface area contributed by atoms with Crippen molar-refractivity contribution < 1.29 is 23.8 Å². The Morgan fingerprint density at radius 2 is 1.96 bits per heavy atom. The van der Waals surface area contributed by atoms with E-state index in [0.29, 0.717) is 23.4 Å². The lowest BCUT2D eigenvalue weighted by atomic mass is 9.97. The minimum atomic E-state index is -1.26. The Morgan fingerprint density at radius 3 is 2.63 bits per heavy atom. The van der Waals surface area contributed by atoms with Crippen LogP contribution < -0.4 is 15.2 Å². The van der Waals surface area contributed by atoms with Crippen LogP contribution in [0, 0.1) is 5.82 Å². The van der Waals surface area contributed by atoms with Crippen LogP contribution in [0.5, 0.6) is 5.75 Å². The number of hydrogen-bond donors (Lipinski definition) is 1. The SMILES string of the molecule is CCCCCNC(=O)Oc1cccc(-c2ccc(C(C)C(=O)[O-])cc2F)c1. The fraction of sp³-hybridized carbons (Fsp3) is 0.333. The fourth-order valence-electron chi connectivity index (χ4n) is 2.61. The minimum Gasteiger partial charge on any atom is -0.550 e. The van der Waals surface area contributed by atoms with Crippen LogP contribution in [0.15, 0.2) is 42.5 Å². The number of carboxylic acids is 1. The van der Waals surface area contributed by atoms with Crippen LogP contribution >= 0.6 is 0 Å². The molecule has 0 aliphatic carbocycles. The van der Waals surface area contributed by atoms with Crippen molar-refractivity contribution in [1.29, 1.82) is 0 Å². The molecule has 144 valence electrons. The maximum atomic E-state index is 14.5. The van der Waals surface area contributed by atoms with Gasteiger partial charge in [-0.1, -0.05) is 51.0 Å². The molecule has 0 aromatic heterocycles. The topological polar surface area (TPSA) is 78.5 Å². The van der Waals surface area contributed by atoms with Crippen molar-refractivity contribution in [2.24, 2.45) is 0 Å². The van der Waals surface area contributed by atoms with E-state index in [1.807, 2.05) is 0 Å². The second-order valence-electron chi connectivity index (χ2n) is 6.33. The van der Waals surface area contributed by atoms with E-state index in [0.717, 1.165) is 19.3 Å². The number of benzene rings is 2. The van der Waals surface area contributed by atoms with Crippen molar-refractivity contribution in [3.8, 4) is 16.9 Å². The average molecular weight is 372 g/mol. The number of hydrogen-bond acceptors (Lipinski definition) is 4. The summed E-state index contributed by atoms with van der Waals surface area (Å²) < 4.78 is 19.7. The lowest BCUT2D eigenvalue weighted by molar-refractivity contribution is -0.307. The maximum Gasteiger partial charge on any atom is 0.412 e. The lowest BCUT2D eigenvalue weighted by Gasteiger charge is -2.14. The Balaban J connectivity index is 2.10. The number of unbranched alkanes of at least 4 members (excludes halogenated alkanes) is 2. The van der Waals surface area contributed by atoms with Gasteiger partial charge in [0, 0.05) is 24.0 Å². The van der Waals surface area contributed by atoms with E-state index < -0.39 is 23.8 Å². The van der Waals surface area contributed by atoms with E-state index in [2.05, 4.69) is 12.2 Å². The predicted molar refractivity (Wildman–Crippen MR) is 98.8 cm³/mol. The highest BCUT2D eigenvalue weighted by Crippen LogP contribution is 2.28. The van der Waals surface area contributed by atoms with Gasteiger partial charge in [-0.2, -0.15) is 0 Å². The smallest absolute Gasteiger partial charge is 0.412 e. The number of carbonyl (C=O) groups is 2. The number of halogens is 1. The van der Waals surface area contributed by atoms with Gasteiger partial charge in [-0.25, -0.2) is 9.18 Å². The predicted octanol–water partition coefficient (Wildman–Crippen LogP) is 3.62. The van der Waals surface area contributed by atoms with Crippen LogP contribution in [-0.4, -0.2) is 18.6 Å². The molecule has 0 saturated carbocycles. The minimum absolute atomic E-state index is 0.290. The first-order valence-corrected chi connectivity index (χ1v) is 8.98. The molecule has 5 nitrogen and oxygen atoms in total. The van der Waals surface area contributed by atoms with E-state index in [1.54, 1.807) is 30.3 Å². The molecule has 0 aliphatic heterocycles. The molecule has 2 rings (SSSR count). The van der Waals surface area contributed by atoms with E-state index in [1.165, 1.54) is 19.1 Å². The molecule has 0 aliphatic rings. The largest absolute Gasteiger partial charge is 0.550 e. The van der Waals surface area contributed by atoms with Crippen LogP contribution in [0.4, 0.5) is 9.18 Å². The monoisotopic (exact) mass is 372 g/mol. The van der Waals surface area contributed by atoms with Crippen molar-refractivity contribution in [3.63, 3.8) is 0 Å². The van der Waals surface area contributed by atoms with Gasteiger partial charge >= 0.3 is 6.09 Å². The third-order valence-corrected chi connectivity index (χ3v) is 4.25. The number of rotatable bonds is 8. The van der Waals surface area contributed by atoms with Gasteiger partial charge in [-0.05, 0) is 35.7 Å². The number of aliphatic carboxylic acids is 1. The summed E-state index contributed by atoms with van der Waals surface area (Å²) in [6.45, 7) is 4.06. The van der Waals surface area contributed by atoms with Crippen LogP contribution in [0.1, 0.15) is 44.6 Å². The summed E-state index contributed by atoms with van der Waals surface area (Å²) in [5.41, 5.74) is 1.14. The summed E-state index contributed by atoms with van der Waals surface area (Å²) in [5, 5.41) is 13.6. The molecule has 27 heavy (non-hydrogen) atoms. The van der Waals surface area contributed by atoms with Crippen molar-refractivity contribution in [1.82, 2.24) is 5.32 Å². The summed E-state index contributed by atoms with van der Waals surface area (Å²) in [6, 6.07) is 10.8. The first-order valence-electron chi connectivity index (χ1n) is 8.98. The fourth-order valence-corrected chi connectivity index (χ4v) is 2.61. The molecule has 1 unspecified atom stereocenters. The quantitative estimate of drug-likeness (QED) is 0.718. The first-order chi connectivity index (χ1) is 12.9. The van der Waals surface area contributed by atoms with Crippen molar-refractivity contribution >= 4 is 12.1 Å². The maximum absolute atomic E-state index is 14.5. The Bertz CT molecular complexity index is 807. The third-order valence-electron chi connectivity index (χ3n) is 4.25. The number of ether oxygens (including phenoxy) is 1. The van der Waals surface area contributed by atoms with Crippen LogP contribution in [-0.2, 0) is 4.79 Å². The number of carboxylic acid groups (broad SMARTS) is 1. The first kappa shape index (κ1) is 20.4. The molecule has 1 N–H and O–H groups in total. The highest BCUT2D eigenvalue weighted by Gasteiger charge is 2.12. The molecule has 2 aromatic rings. The molecule has 0 heterocycles. The standard InChI is InChI=1S/C21H24FNO4/c1-3-4-5-11-23-21(26)27-17-8-6-7-16(12-17)18-10-9-15(13-19(18)22)14(2)20(24)25/h6-10,12-14H,3-5,11H2,1-2H3,(H,23,26)(H,24,25)/p-1. The molecule has 0 spiro atoms. The zero-order valence-electron chi connectivity index (χ0n) is 15.5. The molecule has 1 amide bonds. The van der Waals surface area contributed by atoms with Gasteiger partial charge in [0.25, 0.3) is 0 Å². The van der Waals surface area contributed by atoms with Gasteiger partial charge in [0.05, 0.1) is 0 Å². The van der Waals surface area contributed by atoms with Crippen LogP contribution in [0.3, 0.4) is 0 Å². The number of nitrogens with one attached hydrogen (secondary N) is 1. The highest BCUT2D eigenvalue weighted by atomic mass is 19.1. The molecule has 0 radical (unpaired) electrons. The van der Waals surface area contributed by atoms with Gasteiger partial charge in [0.1, 0.15) is 11.6 Å².